The average Bonchev–Trinajstić information content (AvgIpc) is 2.30. The van der Waals surface area contributed by atoms with Crippen LogP contribution in [0.3, 0.4) is 0 Å². The fraction of sp³-hybridized carbons (Fsp3) is 0.364. The number of halogens is 1. The van der Waals surface area contributed by atoms with Gasteiger partial charge in [0.15, 0.2) is 11.5 Å². The summed E-state index contributed by atoms with van der Waals surface area (Å²) in [5.74, 6) is 0.960. The molecule has 0 heterocycles. The zero-order chi connectivity index (χ0) is 12.1. The van der Waals surface area contributed by atoms with Gasteiger partial charge in [-0.1, -0.05) is 0 Å². The monoisotopic (exact) mass is 260 g/mol. The van der Waals surface area contributed by atoms with E-state index in [1.807, 2.05) is 6.92 Å². The molecule has 1 aromatic rings. The van der Waals surface area contributed by atoms with Gasteiger partial charge in [-0.15, -0.1) is 12.4 Å². The van der Waals surface area contributed by atoms with Crippen LogP contribution in [-0.4, -0.2) is 26.7 Å². The lowest BCUT2D eigenvalue weighted by Gasteiger charge is -2.13. The highest BCUT2D eigenvalue weighted by molar-refractivity contribution is 5.93. The van der Waals surface area contributed by atoms with E-state index in [9.17, 15) is 4.79 Å². The maximum absolute atomic E-state index is 11.2. The van der Waals surface area contributed by atoms with Gasteiger partial charge in [0.25, 0.3) is 0 Å². The number of rotatable bonds is 4. The Morgan fingerprint density at radius 1 is 1.29 bits per heavy atom. The minimum atomic E-state index is -0.240. The molecular weight excluding hydrogens is 244 g/mol. The molecule has 6 heteroatoms. The highest BCUT2D eigenvalue weighted by Crippen LogP contribution is 2.32. The normalized spacial score (nSPS) is 9.18. The van der Waals surface area contributed by atoms with Crippen molar-refractivity contribution in [2.24, 2.45) is 5.73 Å². The highest BCUT2D eigenvalue weighted by atomic mass is 35.5. The SMILES string of the molecule is COc1cc(C)c(NC(=O)CN)cc1OC.Cl. The minimum Gasteiger partial charge on any atom is -0.493 e. The van der Waals surface area contributed by atoms with Crippen molar-refractivity contribution < 1.29 is 14.3 Å². The summed E-state index contributed by atoms with van der Waals surface area (Å²) in [6.45, 7) is 1.82. The lowest BCUT2D eigenvalue weighted by molar-refractivity contribution is -0.114. The average molecular weight is 261 g/mol. The van der Waals surface area contributed by atoms with E-state index >= 15 is 0 Å². The number of methoxy groups -OCH3 is 2. The standard InChI is InChI=1S/C11H16N2O3.ClH/c1-7-4-9(15-2)10(16-3)5-8(7)13-11(14)6-12;/h4-5H,6,12H2,1-3H3,(H,13,14);1H. The molecule has 0 radical (unpaired) electrons. The number of hydrogen-bond donors (Lipinski definition) is 2. The summed E-state index contributed by atoms with van der Waals surface area (Å²) in [5, 5.41) is 2.69. The summed E-state index contributed by atoms with van der Waals surface area (Å²) in [4.78, 5) is 11.2. The third kappa shape index (κ3) is 3.80. The van der Waals surface area contributed by atoms with Crippen LogP contribution in [0.1, 0.15) is 5.56 Å². The number of anilines is 1. The lowest BCUT2D eigenvalue weighted by Crippen LogP contribution is -2.22. The van der Waals surface area contributed by atoms with Gasteiger partial charge >= 0.3 is 0 Å². The smallest absolute Gasteiger partial charge is 0.238 e. The Balaban J connectivity index is 0.00000256. The Hall–Kier alpha value is -1.46. The second-order valence-electron chi connectivity index (χ2n) is 3.27. The van der Waals surface area contributed by atoms with E-state index in [2.05, 4.69) is 5.32 Å². The van der Waals surface area contributed by atoms with Crippen LogP contribution in [0.25, 0.3) is 0 Å². The molecule has 0 aliphatic carbocycles. The predicted octanol–water partition coefficient (Wildman–Crippen LogP) is 1.33. The summed E-state index contributed by atoms with van der Waals surface area (Å²) in [5.41, 5.74) is 6.79. The number of nitrogens with two attached hydrogens (primary N) is 1. The Kier molecular flexibility index (Phi) is 6.38. The molecule has 0 atom stereocenters. The van der Waals surface area contributed by atoms with Crippen molar-refractivity contribution in [2.75, 3.05) is 26.1 Å². The summed E-state index contributed by atoms with van der Waals surface area (Å²) >= 11 is 0. The number of hydrogen-bond acceptors (Lipinski definition) is 4. The van der Waals surface area contributed by atoms with Gasteiger partial charge in [0.2, 0.25) is 5.91 Å². The molecule has 5 nitrogen and oxygen atoms in total. The van der Waals surface area contributed by atoms with Crippen molar-refractivity contribution in [3.8, 4) is 11.5 Å². The molecule has 3 N–H and O–H groups in total. The van der Waals surface area contributed by atoms with E-state index in [0.29, 0.717) is 17.2 Å². The number of carbonyl (C=O) groups excluding carboxylic acids is 1. The van der Waals surface area contributed by atoms with E-state index < -0.39 is 0 Å². The first-order valence-electron chi connectivity index (χ1n) is 4.85. The van der Waals surface area contributed by atoms with Crippen LogP contribution in [0.4, 0.5) is 5.69 Å². The second kappa shape index (κ2) is 6.98. The maximum atomic E-state index is 11.2. The number of amides is 1. The number of aryl methyl sites for hydroxylation is 1. The maximum Gasteiger partial charge on any atom is 0.238 e. The van der Waals surface area contributed by atoms with E-state index in [-0.39, 0.29) is 24.9 Å². The van der Waals surface area contributed by atoms with Crippen LogP contribution < -0.4 is 20.5 Å². The summed E-state index contributed by atoms with van der Waals surface area (Å²) in [7, 11) is 3.11. The number of carbonyl (C=O) groups is 1. The molecule has 1 aromatic carbocycles. The second-order valence-corrected chi connectivity index (χ2v) is 3.27. The first-order valence-corrected chi connectivity index (χ1v) is 4.85. The van der Waals surface area contributed by atoms with E-state index in [1.165, 1.54) is 0 Å². The van der Waals surface area contributed by atoms with Crippen LogP contribution in [-0.2, 0) is 4.79 Å². The van der Waals surface area contributed by atoms with Crippen LogP contribution >= 0.6 is 12.4 Å². The van der Waals surface area contributed by atoms with Crippen LogP contribution in [0.5, 0.6) is 11.5 Å². The molecule has 1 amide bonds. The molecule has 0 unspecified atom stereocenters. The van der Waals surface area contributed by atoms with E-state index in [4.69, 9.17) is 15.2 Å². The fourth-order valence-corrected chi connectivity index (χ4v) is 1.32. The predicted molar refractivity (Wildman–Crippen MR) is 69.2 cm³/mol. The molecule has 0 spiro atoms. The van der Waals surface area contributed by atoms with Crippen molar-refractivity contribution in [1.82, 2.24) is 0 Å². The molecule has 0 aliphatic rings. The summed E-state index contributed by atoms with van der Waals surface area (Å²) < 4.78 is 10.3. The Morgan fingerprint density at radius 3 is 2.29 bits per heavy atom. The third-order valence-electron chi connectivity index (χ3n) is 2.19. The number of benzene rings is 1. The molecule has 0 saturated heterocycles. The van der Waals surface area contributed by atoms with Gasteiger partial charge in [-0.3, -0.25) is 4.79 Å². The lowest BCUT2D eigenvalue weighted by atomic mass is 10.1. The first kappa shape index (κ1) is 15.5. The molecule has 0 fully saturated rings. The van der Waals surface area contributed by atoms with Crippen LogP contribution in [0.2, 0.25) is 0 Å². The van der Waals surface area contributed by atoms with Crippen molar-refractivity contribution >= 4 is 24.0 Å². The van der Waals surface area contributed by atoms with E-state index in [0.717, 1.165) is 5.56 Å². The molecule has 0 aromatic heterocycles. The van der Waals surface area contributed by atoms with Crippen LogP contribution in [0, 0.1) is 6.92 Å². The Labute approximate surface area is 107 Å². The molecule has 0 bridgehead atoms. The summed E-state index contributed by atoms with van der Waals surface area (Å²) in [6, 6.07) is 3.51. The van der Waals surface area contributed by atoms with Gasteiger partial charge in [0.1, 0.15) is 0 Å². The van der Waals surface area contributed by atoms with Gasteiger partial charge in [-0.05, 0) is 18.6 Å². The first-order chi connectivity index (χ1) is 7.62. The fourth-order valence-electron chi connectivity index (χ4n) is 1.32. The van der Waals surface area contributed by atoms with Gasteiger partial charge in [0, 0.05) is 11.8 Å². The van der Waals surface area contributed by atoms with Crippen molar-refractivity contribution in [1.29, 1.82) is 0 Å². The highest BCUT2D eigenvalue weighted by Gasteiger charge is 2.09. The Bertz CT molecular complexity index is 397. The molecule has 0 saturated carbocycles. The molecule has 96 valence electrons. The zero-order valence-corrected chi connectivity index (χ0v) is 10.9. The van der Waals surface area contributed by atoms with Crippen LogP contribution in [0.15, 0.2) is 12.1 Å². The van der Waals surface area contributed by atoms with Crippen molar-refractivity contribution in [2.45, 2.75) is 6.92 Å². The largest absolute Gasteiger partial charge is 0.493 e. The molecule has 17 heavy (non-hydrogen) atoms. The van der Waals surface area contributed by atoms with Gasteiger partial charge < -0.3 is 20.5 Å². The molecule has 0 aliphatic heterocycles. The Morgan fingerprint density at radius 2 is 1.82 bits per heavy atom. The molecule has 1 rings (SSSR count). The minimum absolute atomic E-state index is 0. The number of nitrogens with one attached hydrogen (secondary N) is 1. The number of ether oxygens (including phenoxy) is 2. The third-order valence-corrected chi connectivity index (χ3v) is 2.19. The summed E-state index contributed by atoms with van der Waals surface area (Å²) in [6.07, 6.45) is 0. The van der Waals surface area contributed by atoms with E-state index in [1.54, 1.807) is 26.4 Å². The van der Waals surface area contributed by atoms with Gasteiger partial charge in [0.05, 0.1) is 20.8 Å². The topological polar surface area (TPSA) is 73.6 Å². The quantitative estimate of drug-likeness (QED) is 0.857. The van der Waals surface area contributed by atoms with Gasteiger partial charge in [-0.25, -0.2) is 0 Å². The van der Waals surface area contributed by atoms with Crippen molar-refractivity contribution in [3.63, 3.8) is 0 Å². The van der Waals surface area contributed by atoms with Gasteiger partial charge in [-0.2, -0.15) is 0 Å². The van der Waals surface area contributed by atoms with Crippen molar-refractivity contribution in [3.05, 3.63) is 17.7 Å². The molecular formula is C11H17ClN2O3. The zero-order valence-electron chi connectivity index (χ0n) is 10.1.